The summed E-state index contributed by atoms with van der Waals surface area (Å²) in [5, 5.41) is 6.88. The summed E-state index contributed by atoms with van der Waals surface area (Å²) in [4.78, 5) is 14.9. The number of carbonyl (C=O) groups excluding carboxylic acids is 1. The average Bonchev–Trinajstić information content (AvgIpc) is 3.05. The van der Waals surface area contributed by atoms with Crippen LogP contribution >= 0.6 is 11.3 Å². The molecular formula is C11H13N5O3S2. The van der Waals surface area contributed by atoms with E-state index in [1.807, 2.05) is 0 Å². The van der Waals surface area contributed by atoms with Crippen LogP contribution in [0, 0.1) is 0 Å². The largest absolute Gasteiger partial charge is 0.302 e. The fourth-order valence-electron chi connectivity index (χ4n) is 2.08. The van der Waals surface area contributed by atoms with E-state index in [4.69, 9.17) is 0 Å². The van der Waals surface area contributed by atoms with Crippen LogP contribution in [0.15, 0.2) is 22.7 Å². The summed E-state index contributed by atoms with van der Waals surface area (Å²) in [7, 11) is -3.60. The lowest BCUT2D eigenvalue weighted by atomic mass is 10.3. The zero-order valence-corrected chi connectivity index (χ0v) is 12.8. The van der Waals surface area contributed by atoms with Crippen molar-refractivity contribution >= 4 is 32.4 Å². The minimum atomic E-state index is -3.60. The van der Waals surface area contributed by atoms with Crippen LogP contribution in [0.4, 0.5) is 5.13 Å². The molecule has 112 valence electrons. The van der Waals surface area contributed by atoms with Crippen molar-refractivity contribution in [1.29, 1.82) is 0 Å². The molecule has 0 aliphatic carbocycles. The topological polar surface area (TPSA) is 97.2 Å². The number of amides is 1. The second-order valence-corrected chi connectivity index (χ2v) is 7.75. The highest BCUT2D eigenvalue weighted by Gasteiger charge is 2.30. The monoisotopic (exact) mass is 327 g/mol. The fraction of sp³-hybridized carbons (Fsp3) is 0.364. The molecule has 0 saturated heterocycles. The smallest absolute Gasteiger partial charge is 0.254 e. The Morgan fingerprint density at radius 3 is 3.00 bits per heavy atom. The molecule has 0 fully saturated rings. The van der Waals surface area contributed by atoms with Gasteiger partial charge in [0.1, 0.15) is 0 Å². The SMILES string of the molecule is CC(=O)Nc1ncc(S(=O)(=O)N2CCn3nccc3C2)s1. The highest BCUT2D eigenvalue weighted by Crippen LogP contribution is 2.28. The van der Waals surface area contributed by atoms with Crippen LogP contribution in [0.25, 0.3) is 0 Å². The maximum atomic E-state index is 12.6. The lowest BCUT2D eigenvalue weighted by Gasteiger charge is -2.26. The Morgan fingerprint density at radius 2 is 2.24 bits per heavy atom. The molecule has 2 aromatic heterocycles. The summed E-state index contributed by atoms with van der Waals surface area (Å²) in [6, 6.07) is 1.80. The molecule has 1 aliphatic rings. The molecule has 8 nitrogen and oxygen atoms in total. The van der Waals surface area contributed by atoms with E-state index in [1.54, 1.807) is 16.9 Å². The van der Waals surface area contributed by atoms with Crippen molar-refractivity contribution < 1.29 is 13.2 Å². The van der Waals surface area contributed by atoms with E-state index in [0.717, 1.165) is 17.0 Å². The predicted molar refractivity (Wildman–Crippen MR) is 76.2 cm³/mol. The Labute approximate surface area is 125 Å². The fourth-order valence-corrected chi connectivity index (χ4v) is 4.72. The van der Waals surface area contributed by atoms with Crippen LogP contribution in [-0.2, 0) is 27.9 Å². The molecule has 3 rings (SSSR count). The summed E-state index contributed by atoms with van der Waals surface area (Å²) >= 11 is 0.950. The van der Waals surface area contributed by atoms with Crippen molar-refractivity contribution in [2.24, 2.45) is 0 Å². The zero-order chi connectivity index (χ0) is 15.0. The third kappa shape index (κ3) is 2.69. The van der Waals surface area contributed by atoms with Crippen molar-refractivity contribution in [3.8, 4) is 0 Å². The molecule has 0 radical (unpaired) electrons. The van der Waals surface area contributed by atoms with Gasteiger partial charge in [0.2, 0.25) is 5.91 Å². The number of rotatable bonds is 3. The standard InChI is InChI=1S/C11H13N5O3S2/c1-8(17)14-11-12-6-10(20-11)21(18,19)15-4-5-16-9(7-15)2-3-13-16/h2-3,6H,4-5,7H2,1H3,(H,12,14,17). The van der Waals surface area contributed by atoms with E-state index < -0.39 is 10.0 Å². The number of fused-ring (bicyclic) bond motifs is 1. The predicted octanol–water partition coefficient (Wildman–Crippen LogP) is 0.502. The van der Waals surface area contributed by atoms with Crippen molar-refractivity contribution in [3.05, 3.63) is 24.2 Å². The minimum Gasteiger partial charge on any atom is -0.302 e. The van der Waals surface area contributed by atoms with E-state index in [9.17, 15) is 13.2 Å². The summed E-state index contributed by atoms with van der Waals surface area (Å²) in [5.41, 5.74) is 0.858. The highest BCUT2D eigenvalue weighted by atomic mass is 32.2. The molecule has 1 N–H and O–H groups in total. The summed E-state index contributed by atoms with van der Waals surface area (Å²) in [6.45, 7) is 2.53. The van der Waals surface area contributed by atoms with Crippen molar-refractivity contribution in [2.75, 3.05) is 11.9 Å². The molecule has 0 spiro atoms. The van der Waals surface area contributed by atoms with Crippen molar-refractivity contribution in [3.63, 3.8) is 0 Å². The lowest BCUT2D eigenvalue weighted by molar-refractivity contribution is -0.114. The minimum absolute atomic E-state index is 0.124. The van der Waals surface area contributed by atoms with Gasteiger partial charge in [-0.2, -0.15) is 9.40 Å². The van der Waals surface area contributed by atoms with Crippen LogP contribution in [0.1, 0.15) is 12.6 Å². The third-order valence-corrected chi connectivity index (χ3v) is 6.26. The normalized spacial score (nSPS) is 15.7. The van der Waals surface area contributed by atoms with Gasteiger partial charge in [0.05, 0.1) is 25.0 Å². The molecule has 0 aromatic carbocycles. The Morgan fingerprint density at radius 1 is 1.43 bits per heavy atom. The van der Waals surface area contributed by atoms with E-state index in [0.29, 0.717) is 13.1 Å². The first-order chi connectivity index (χ1) is 9.96. The number of nitrogens with one attached hydrogen (secondary N) is 1. The maximum Gasteiger partial charge on any atom is 0.254 e. The molecule has 10 heteroatoms. The van der Waals surface area contributed by atoms with E-state index in [1.165, 1.54) is 17.4 Å². The molecule has 0 atom stereocenters. The molecule has 1 amide bonds. The molecule has 0 unspecified atom stereocenters. The first kappa shape index (κ1) is 14.2. The van der Waals surface area contributed by atoms with Crippen LogP contribution in [-0.4, -0.2) is 39.9 Å². The van der Waals surface area contributed by atoms with Gasteiger partial charge in [-0.25, -0.2) is 13.4 Å². The molecule has 21 heavy (non-hydrogen) atoms. The second kappa shape index (κ2) is 5.20. The molecule has 1 aliphatic heterocycles. The number of nitrogens with zero attached hydrogens (tertiary/aromatic N) is 4. The second-order valence-electron chi connectivity index (χ2n) is 4.55. The molecule has 2 aromatic rings. The van der Waals surface area contributed by atoms with Gasteiger partial charge >= 0.3 is 0 Å². The highest BCUT2D eigenvalue weighted by molar-refractivity contribution is 7.91. The van der Waals surface area contributed by atoms with E-state index in [2.05, 4.69) is 15.4 Å². The van der Waals surface area contributed by atoms with Gasteiger partial charge in [0.25, 0.3) is 10.0 Å². The number of hydrogen-bond donors (Lipinski definition) is 1. The van der Waals surface area contributed by atoms with Gasteiger partial charge in [0.15, 0.2) is 9.34 Å². The van der Waals surface area contributed by atoms with Gasteiger partial charge in [-0.05, 0) is 6.07 Å². The van der Waals surface area contributed by atoms with E-state index in [-0.39, 0.29) is 21.8 Å². The van der Waals surface area contributed by atoms with Crippen molar-refractivity contribution in [2.45, 2.75) is 24.2 Å². The summed E-state index contributed by atoms with van der Waals surface area (Å²) < 4.78 is 28.5. The Balaban J connectivity index is 1.84. The van der Waals surface area contributed by atoms with Gasteiger partial charge in [0, 0.05) is 19.7 Å². The number of anilines is 1. The Hall–Kier alpha value is -1.78. The van der Waals surface area contributed by atoms with Crippen LogP contribution < -0.4 is 5.32 Å². The van der Waals surface area contributed by atoms with Crippen molar-refractivity contribution in [1.82, 2.24) is 19.1 Å². The van der Waals surface area contributed by atoms with Crippen LogP contribution in [0.5, 0.6) is 0 Å². The number of carbonyl (C=O) groups is 1. The molecular weight excluding hydrogens is 314 g/mol. The van der Waals surface area contributed by atoms with Gasteiger partial charge in [-0.1, -0.05) is 11.3 Å². The van der Waals surface area contributed by atoms with Crippen LogP contribution in [0.3, 0.4) is 0 Å². The third-order valence-electron chi connectivity index (χ3n) is 3.07. The van der Waals surface area contributed by atoms with E-state index >= 15 is 0 Å². The number of sulfonamides is 1. The number of hydrogen-bond acceptors (Lipinski definition) is 6. The van der Waals surface area contributed by atoms with Gasteiger partial charge in [-0.3, -0.25) is 9.48 Å². The summed E-state index contributed by atoms with van der Waals surface area (Å²) in [5.74, 6) is -0.282. The first-order valence-corrected chi connectivity index (χ1v) is 8.47. The van der Waals surface area contributed by atoms with Crippen LogP contribution in [0.2, 0.25) is 0 Å². The van der Waals surface area contributed by atoms with Gasteiger partial charge < -0.3 is 5.32 Å². The zero-order valence-electron chi connectivity index (χ0n) is 11.2. The molecule has 0 bridgehead atoms. The molecule has 3 heterocycles. The number of thiazole rings is 1. The number of aromatic nitrogens is 3. The Bertz CT molecular complexity index is 779. The molecule has 0 saturated carbocycles. The Kier molecular flexibility index (Phi) is 3.51. The lowest BCUT2D eigenvalue weighted by Crippen LogP contribution is -2.38. The maximum absolute atomic E-state index is 12.6. The van der Waals surface area contributed by atoms with Gasteiger partial charge in [-0.15, -0.1) is 0 Å². The quantitative estimate of drug-likeness (QED) is 0.885. The summed E-state index contributed by atoms with van der Waals surface area (Å²) in [6.07, 6.45) is 2.93. The first-order valence-electron chi connectivity index (χ1n) is 6.21. The average molecular weight is 327 g/mol.